The number of methoxy groups -OCH3 is 1. The van der Waals surface area contributed by atoms with Crippen molar-refractivity contribution in [1.82, 2.24) is 10.3 Å². The SMILES string of the molecule is COc1ccc2[nH]c(C(=O)NC3CCCCCCC3)cc2c1. The molecule has 1 heterocycles. The van der Waals surface area contributed by atoms with Gasteiger partial charge in [-0.2, -0.15) is 0 Å². The first-order valence-electron chi connectivity index (χ1n) is 8.24. The Morgan fingerprint density at radius 3 is 2.59 bits per heavy atom. The van der Waals surface area contributed by atoms with Crippen LogP contribution >= 0.6 is 0 Å². The molecule has 0 bridgehead atoms. The monoisotopic (exact) mass is 300 g/mol. The molecule has 1 aliphatic carbocycles. The molecule has 1 fully saturated rings. The number of hydrogen-bond donors (Lipinski definition) is 2. The van der Waals surface area contributed by atoms with Gasteiger partial charge in [0.2, 0.25) is 0 Å². The molecule has 1 aromatic carbocycles. The first-order chi connectivity index (χ1) is 10.8. The lowest BCUT2D eigenvalue weighted by atomic mass is 9.96. The summed E-state index contributed by atoms with van der Waals surface area (Å²) in [5, 5.41) is 4.19. The Labute approximate surface area is 131 Å². The quantitative estimate of drug-likeness (QED) is 0.899. The maximum Gasteiger partial charge on any atom is 0.267 e. The van der Waals surface area contributed by atoms with Gasteiger partial charge in [-0.3, -0.25) is 4.79 Å². The van der Waals surface area contributed by atoms with Crippen LogP contribution in [0.4, 0.5) is 0 Å². The Hall–Kier alpha value is -1.97. The van der Waals surface area contributed by atoms with Crippen molar-refractivity contribution in [1.29, 1.82) is 0 Å². The minimum Gasteiger partial charge on any atom is -0.497 e. The lowest BCUT2D eigenvalue weighted by molar-refractivity contribution is 0.0926. The van der Waals surface area contributed by atoms with Gasteiger partial charge in [0.1, 0.15) is 11.4 Å². The Balaban J connectivity index is 1.71. The Morgan fingerprint density at radius 2 is 1.86 bits per heavy atom. The van der Waals surface area contributed by atoms with E-state index >= 15 is 0 Å². The van der Waals surface area contributed by atoms with Gasteiger partial charge in [0.05, 0.1) is 7.11 Å². The van der Waals surface area contributed by atoms with Gasteiger partial charge in [-0.25, -0.2) is 0 Å². The van der Waals surface area contributed by atoms with Gasteiger partial charge in [0.15, 0.2) is 0 Å². The van der Waals surface area contributed by atoms with E-state index in [1.54, 1.807) is 7.11 Å². The molecule has 1 saturated carbocycles. The molecule has 0 radical (unpaired) electrons. The molecular formula is C18H24N2O2. The van der Waals surface area contributed by atoms with E-state index in [1.807, 2.05) is 24.3 Å². The molecule has 1 aliphatic rings. The van der Waals surface area contributed by atoms with Gasteiger partial charge in [0, 0.05) is 16.9 Å². The predicted molar refractivity (Wildman–Crippen MR) is 88.4 cm³/mol. The van der Waals surface area contributed by atoms with Crippen molar-refractivity contribution in [2.75, 3.05) is 7.11 Å². The zero-order valence-corrected chi connectivity index (χ0v) is 13.2. The maximum absolute atomic E-state index is 12.5. The van der Waals surface area contributed by atoms with Gasteiger partial charge in [-0.1, -0.05) is 32.1 Å². The fraction of sp³-hybridized carbons (Fsp3) is 0.500. The fourth-order valence-corrected chi connectivity index (χ4v) is 3.22. The largest absolute Gasteiger partial charge is 0.497 e. The van der Waals surface area contributed by atoms with Gasteiger partial charge in [0.25, 0.3) is 5.91 Å². The summed E-state index contributed by atoms with van der Waals surface area (Å²) in [5.74, 6) is 0.805. The van der Waals surface area contributed by atoms with Crippen LogP contribution in [0.15, 0.2) is 24.3 Å². The molecule has 22 heavy (non-hydrogen) atoms. The summed E-state index contributed by atoms with van der Waals surface area (Å²) in [6, 6.07) is 8.00. The summed E-state index contributed by atoms with van der Waals surface area (Å²) in [4.78, 5) is 15.7. The minimum absolute atomic E-state index is 0.000685. The Morgan fingerprint density at radius 1 is 1.14 bits per heavy atom. The third-order valence-electron chi connectivity index (χ3n) is 4.51. The predicted octanol–water partition coefficient (Wildman–Crippen LogP) is 4.02. The number of amides is 1. The van der Waals surface area contributed by atoms with Crippen molar-refractivity contribution in [3.8, 4) is 5.75 Å². The summed E-state index contributed by atoms with van der Waals surface area (Å²) >= 11 is 0. The first kappa shape index (κ1) is 14.9. The van der Waals surface area contributed by atoms with Crippen molar-refractivity contribution < 1.29 is 9.53 Å². The highest BCUT2D eigenvalue weighted by molar-refractivity contribution is 5.98. The number of carbonyl (C=O) groups excluding carboxylic acids is 1. The second-order valence-electron chi connectivity index (χ2n) is 6.15. The molecule has 2 N–H and O–H groups in total. The highest BCUT2D eigenvalue weighted by Gasteiger charge is 2.16. The normalized spacial score (nSPS) is 17.0. The third-order valence-corrected chi connectivity index (χ3v) is 4.51. The standard InChI is InChI=1S/C18H24N2O2/c1-22-15-9-10-16-13(11-15)12-17(20-16)18(21)19-14-7-5-3-2-4-6-8-14/h9-12,14,20H,2-8H2,1H3,(H,19,21). The van der Waals surface area contributed by atoms with Gasteiger partial charge in [-0.15, -0.1) is 0 Å². The molecule has 1 amide bonds. The number of carbonyl (C=O) groups is 1. The zero-order chi connectivity index (χ0) is 15.4. The van der Waals surface area contributed by atoms with E-state index in [-0.39, 0.29) is 5.91 Å². The lowest BCUT2D eigenvalue weighted by Gasteiger charge is -2.20. The number of H-pyrrole nitrogens is 1. The summed E-state index contributed by atoms with van der Waals surface area (Å²) in [5.41, 5.74) is 1.59. The molecular weight excluding hydrogens is 276 g/mol. The molecule has 0 atom stereocenters. The van der Waals surface area contributed by atoms with Crippen LogP contribution in [0, 0.1) is 0 Å². The summed E-state index contributed by atoms with van der Waals surface area (Å²) in [6.45, 7) is 0. The van der Waals surface area contributed by atoms with Gasteiger partial charge >= 0.3 is 0 Å². The van der Waals surface area contributed by atoms with Crippen LogP contribution in [0.25, 0.3) is 10.9 Å². The van der Waals surface area contributed by atoms with Crippen LogP contribution in [0.1, 0.15) is 55.4 Å². The van der Waals surface area contributed by atoms with Crippen LogP contribution in [0.5, 0.6) is 5.75 Å². The molecule has 4 heteroatoms. The van der Waals surface area contributed by atoms with Crippen molar-refractivity contribution in [3.05, 3.63) is 30.0 Å². The zero-order valence-electron chi connectivity index (χ0n) is 13.2. The molecule has 2 aromatic rings. The van der Waals surface area contributed by atoms with E-state index in [0.717, 1.165) is 29.5 Å². The van der Waals surface area contributed by atoms with Gasteiger partial charge in [-0.05, 0) is 37.1 Å². The van der Waals surface area contributed by atoms with E-state index in [9.17, 15) is 4.79 Å². The first-order valence-corrected chi connectivity index (χ1v) is 8.24. The summed E-state index contributed by atoms with van der Waals surface area (Å²) < 4.78 is 5.22. The fourth-order valence-electron chi connectivity index (χ4n) is 3.22. The number of benzene rings is 1. The lowest BCUT2D eigenvalue weighted by Crippen LogP contribution is -2.35. The van der Waals surface area contributed by atoms with Crippen molar-refractivity contribution in [2.45, 2.75) is 51.0 Å². The third kappa shape index (κ3) is 3.43. The molecule has 118 valence electrons. The van der Waals surface area contributed by atoms with Crippen LogP contribution in [-0.4, -0.2) is 24.0 Å². The van der Waals surface area contributed by atoms with E-state index in [0.29, 0.717) is 11.7 Å². The van der Waals surface area contributed by atoms with Crippen molar-refractivity contribution in [2.24, 2.45) is 0 Å². The van der Waals surface area contributed by atoms with E-state index < -0.39 is 0 Å². The smallest absolute Gasteiger partial charge is 0.267 e. The number of aromatic amines is 1. The Bertz CT molecular complexity index is 640. The number of fused-ring (bicyclic) bond motifs is 1. The van der Waals surface area contributed by atoms with E-state index in [4.69, 9.17) is 4.74 Å². The average Bonchev–Trinajstić information content (AvgIpc) is 2.92. The highest BCUT2D eigenvalue weighted by atomic mass is 16.5. The molecule has 3 rings (SSSR count). The number of hydrogen-bond acceptors (Lipinski definition) is 2. The molecule has 0 saturated heterocycles. The summed E-state index contributed by atoms with van der Waals surface area (Å²) in [7, 11) is 1.65. The van der Waals surface area contributed by atoms with Crippen LogP contribution < -0.4 is 10.1 Å². The van der Waals surface area contributed by atoms with Crippen LogP contribution in [0.2, 0.25) is 0 Å². The molecule has 0 aliphatic heterocycles. The van der Waals surface area contributed by atoms with Gasteiger partial charge < -0.3 is 15.0 Å². The number of ether oxygens (including phenoxy) is 1. The molecule has 0 unspecified atom stereocenters. The van der Waals surface area contributed by atoms with Crippen LogP contribution in [0.3, 0.4) is 0 Å². The molecule has 0 spiro atoms. The number of aromatic nitrogens is 1. The number of nitrogens with one attached hydrogen (secondary N) is 2. The second-order valence-corrected chi connectivity index (χ2v) is 6.15. The van der Waals surface area contributed by atoms with E-state index in [1.165, 1.54) is 32.1 Å². The Kier molecular flexibility index (Phi) is 4.66. The topological polar surface area (TPSA) is 54.1 Å². The highest BCUT2D eigenvalue weighted by Crippen LogP contribution is 2.22. The second kappa shape index (κ2) is 6.86. The summed E-state index contributed by atoms with van der Waals surface area (Å²) in [6.07, 6.45) is 8.55. The number of rotatable bonds is 3. The average molecular weight is 300 g/mol. The van der Waals surface area contributed by atoms with Crippen molar-refractivity contribution >= 4 is 16.8 Å². The minimum atomic E-state index is 0.000685. The van der Waals surface area contributed by atoms with E-state index in [2.05, 4.69) is 10.3 Å². The molecule has 1 aromatic heterocycles. The molecule has 4 nitrogen and oxygen atoms in total. The maximum atomic E-state index is 12.5. The van der Waals surface area contributed by atoms with Crippen LogP contribution in [-0.2, 0) is 0 Å². The van der Waals surface area contributed by atoms with Crippen molar-refractivity contribution in [3.63, 3.8) is 0 Å².